The minimum Gasteiger partial charge on any atom is -0.367 e. The minimum absolute atomic E-state index is 0. The van der Waals surface area contributed by atoms with E-state index in [4.69, 9.17) is 15.1 Å². The summed E-state index contributed by atoms with van der Waals surface area (Å²) >= 11 is 0. The molecule has 0 saturated carbocycles. The second-order valence-electron chi connectivity index (χ2n) is 20.5. The third kappa shape index (κ3) is 11.7. The molecule has 2 saturated heterocycles. The van der Waals surface area contributed by atoms with E-state index in [9.17, 15) is 4.79 Å². The molecule has 3 N–H and O–H groups in total. The first-order chi connectivity index (χ1) is 33.6. The van der Waals surface area contributed by atoms with E-state index in [0.29, 0.717) is 18.8 Å². The van der Waals surface area contributed by atoms with Gasteiger partial charge in [0.25, 0.3) is 5.91 Å². The van der Waals surface area contributed by atoms with Gasteiger partial charge in [-0.15, -0.1) is 0 Å². The van der Waals surface area contributed by atoms with Crippen LogP contribution in [0, 0.1) is 0 Å². The Labute approximate surface area is 422 Å². The average molecular weight is 959 g/mol. The second-order valence-corrected chi connectivity index (χ2v) is 20.5. The number of hydrogen-bond donors (Lipinski definition) is 3. The van der Waals surface area contributed by atoms with Gasteiger partial charge in [0.05, 0.1) is 28.1 Å². The molecule has 0 unspecified atom stereocenters. The van der Waals surface area contributed by atoms with Crippen LogP contribution in [0.5, 0.6) is 0 Å². The number of aromatic nitrogens is 8. The number of carbonyl (C=O) groups is 1. The molecule has 10 rings (SSSR count). The topological polar surface area (TPSA) is 134 Å². The molecule has 13 nitrogen and oxygen atoms in total. The van der Waals surface area contributed by atoms with Crippen LogP contribution in [0.25, 0.3) is 44.8 Å². The van der Waals surface area contributed by atoms with Crippen molar-refractivity contribution in [2.24, 2.45) is 7.05 Å². The second kappa shape index (κ2) is 22.1. The lowest BCUT2D eigenvalue weighted by molar-refractivity contribution is 0.0741. The molecule has 2 fully saturated rings. The first-order valence-electron chi connectivity index (χ1n) is 25.4. The largest absolute Gasteiger partial charge is 0.367 e. The van der Waals surface area contributed by atoms with E-state index in [2.05, 4.69) is 174 Å². The molecule has 4 aromatic carbocycles. The zero-order valence-electron chi connectivity index (χ0n) is 43.4. The van der Waals surface area contributed by atoms with Crippen LogP contribution in [-0.2, 0) is 37.3 Å². The summed E-state index contributed by atoms with van der Waals surface area (Å²) in [5.41, 5.74) is 15.5. The van der Waals surface area contributed by atoms with Crippen molar-refractivity contribution in [1.29, 1.82) is 0 Å². The van der Waals surface area contributed by atoms with Gasteiger partial charge in [-0.25, -0.2) is 9.97 Å². The lowest BCUT2D eigenvalue weighted by atomic mass is 9.87. The van der Waals surface area contributed by atoms with E-state index in [0.717, 1.165) is 115 Å². The van der Waals surface area contributed by atoms with Gasteiger partial charge in [-0.2, -0.15) is 10.2 Å². The van der Waals surface area contributed by atoms with Crippen molar-refractivity contribution in [3.8, 4) is 22.8 Å². The number of amides is 1. The number of aryl methyl sites for hydroxylation is 3. The predicted molar refractivity (Wildman–Crippen MR) is 295 cm³/mol. The van der Waals surface area contributed by atoms with Gasteiger partial charge < -0.3 is 24.7 Å². The molecule has 6 heterocycles. The summed E-state index contributed by atoms with van der Waals surface area (Å²) in [5.74, 6) is 1.81. The first kappa shape index (κ1) is 52.1. The Morgan fingerprint density at radius 2 is 1.10 bits per heavy atom. The van der Waals surface area contributed by atoms with Crippen molar-refractivity contribution >= 4 is 39.3 Å². The number of nitrogens with one attached hydrogen (secondary N) is 3. The quantitative estimate of drug-likeness (QED) is 0.130. The number of piperazine rings is 2. The molecule has 2 aliphatic heterocycles. The van der Waals surface area contributed by atoms with Crippen molar-refractivity contribution in [1.82, 2.24) is 49.7 Å². The number of nitrogens with zero attached hydrogens (tertiary/aromatic N) is 9. The van der Waals surface area contributed by atoms with E-state index < -0.39 is 0 Å². The van der Waals surface area contributed by atoms with Crippen molar-refractivity contribution in [3.05, 3.63) is 131 Å². The fourth-order valence-electron chi connectivity index (χ4n) is 9.39. The van der Waals surface area contributed by atoms with E-state index in [1.54, 1.807) is 0 Å². The number of anilines is 2. The van der Waals surface area contributed by atoms with Crippen molar-refractivity contribution < 1.29 is 4.79 Å². The van der Waals surface area contributed by atoms with Crippen LogP contribution in [0.3, 0.4) is 0 Å². The van der Waals surface area contributed by atoms with E-state index in [-0.39, 0.29) is 24.2 Å². The van der Waals surface area contributed by atoms with Gasteiger partial charge in [-0.05, 0) is 71.2 Å². The summed E-state index contributed by atoms with van der Waals surface area (Å²) in [6.07, 6.45) is 1.86. The zero-order valence-corrected chi connectivity index (χ0v) is 43.4. The summed E-state index contributed by atoms with van der Waals surface area (Å²) in [6.45, 7) is 29.4. The monoisotopic (exact) mass is 959 g/mol. The van der Waals surface area contributed by atoms with Gasteiger partial charge >= 0.3 is 0 Å². The van der Waals surface area contributed by atoms with Crippen LogP contribution in [-0.4, -0.2) is 108 Å². The molecule has 0 aliphatic carbocycles. The Hall–Kier alpha value is -6.73. The zero-order chi connectivity index (χ0) is 49.7. The van der Waals surface area contributed by atoms with Gasteiger partial charge in [0.2, 0.25) is 0 Å². The molecule has 0 spiro atoms. The van der Waals surface area contributed by atoms with Crippen molar-refractivity contribution in [2.45, 2.75) is 107 Å². The van der Waals surface area contributed by atoms with Gasteiger partial charge in [0.15, 0.2) is 0 Å². The number of fused-ring (bicyclic) bond motifs is 2. The molecule has 0 atom stereocenters. The molecule has 71 heavy (non-hydrogen) atoms. The highest BCUT2D eigenvalue weighted by molar-refractivity contribution is 5.94. The molecule has 0 bridgehead atoms. The Kier molecular flexibility index (Phi) is 16.2. The SMILES string of the molecule is C.CC.CCc1cc(C(=O)N2CCN(c3cccc4[nH]c(-c5ccc(C(C)(C)C)cc5)nc34)CC2)n[nH]1.CCc1cc(CN2CCN(c3cccc4[nH]c(-c5ccc(C(C)(C)C)cc5)nc34)CC2)nn1C. The average Bonchev–Trinajstić information content (AvgIpc) is 4.20. The van der Waals surface area contributed by atoms with Crippen LogP contribution < -0.4 is 9.80 Å². The maximum atomic E-state index is 12.8. The molecule has 1 amide bonds. The summed E-state index contributed by atoms with van der Waals surface area (Å²) in [7, 11) is 2.04. The third-order valence-corrected chi connectivity index (χ3v) is 13.7. The van der Waals surface area contributed by atoms with Crippen molar-refractivity contribution in [2.75, 3.05) is 62.2 Å². The third-order valence-electron chi connectivity index (χ3n) is 13.7. The minimum atomic E-state index is -0.00503. The van der Waals surface area contributed by atoms with Gasteiger partial charge in [0, 0.05) is 88.5 Å². The maximum Gasteiger partial charge on any atom is 0.274 e. The van der Waals surface area contributed by atoms with Gasteiger partial charge in [0.1, 0.15) is 28.4 Å². The van der Waals surface area contributed by atoms with Crippen LogP contribution >= 0.6 is 0 Å². The number of benzene rings is 4. The molecule has 0 radical (unpaired) electrons. The predicted octanol–water partition coefficient (Wildman–Crippen LogP) is 11.6. The number of carbonyl (C=O) groups excluding carboxylic acids is 1. The molecule has 376 valence electrons. The Balaban J connectivity index is 0.000000199. The fourth-order valence-corrected chi connectivity index (χ4v) is 9.39. The Bertz CT molecular complexity index is 2980. The number of para-hydroxylation sites is 2. The number of H-pyrrole nitrogens is 3. The highest BCUT2D eigenvalue weighted by Gasteiger charge is 2.26. The van der Waals surface area contributed by atoms with E-state index in [1.165, 1.54) is 28.2 Å². The Morgan fingerprint density at radius 3 is 1.52 bits per heavy atom. The molecular weight excluding hydrogens is 881 g/mol. The van der Waals surface area contributed by atoms with Gasteiger partial charge in [-0.1, -0.05) is 137 Å². The molecule has 8 aromatic rings. The van der Waals surface area contributed by atoms with E-state index in [1.807, 2.05) is 43.5 Å². The van der Waals surface area contributed by atoms with Crippen LogP contribution in [0.1, 0.15) is 115 Å². The molecular formula is C58H78N12O. The van der Waals surface area contributed by atoms with Gasteiger partial charge in [-0.3, -0.25) is 19.5 Å². The summed E-state index contributed by atoms with van der Waals surface area (Å²) in [5, 5.41) is 11.8. The maximum absolute atomic E-state index is 12.8. The van der Waals surface area contributed by atoms with Crippen LogP contribution in [0.15, 0.2) is 97.1 Å². The molecule has 2 aliphatic rings. The summed E-state index contributed by atoms with van der Waals surface area (Å²) < 4.78 is 2.01. The van der Waals surface area contributed by atoms with E-state index >= 15 is 0 Å². The van der Waals surface area contributed by atoms with Crippen LogP contribution in [0.2, 0.25) is 0 Å². The molecule has 4 aromatic heterocycles. The normalized spacial score (nSPS) is 14.5. The van der Waals surface area contributed by atoms with Crippen LogP contribution in [0.4, 0.5) is 11.4 Å². The number of imidazole rings is 2. The number of aromatic amines is 3. The smallest absolute Gasteiger partial charge is 0.274 e. The Morgan fingerprint density at radius 1 is 0.620 bits per heavy atom. The van der Waals surface area contributed by atoms with Crippen molar-refractivity contribution in [3.63, 3.8) is 0 Å². The fraction of sp³-hybridized carbons (Fsp3) is 0.431. The highest BCUT2D eigenvalue weighted by Crippen LogP contribution is 2.33. The lowest BCUT2D eigenvalue weighted by Crippen LogP contribution is -2.49. The summed E-state index contributed by atoms with van der Waals surface area (Å²) in [4.78, 5) is 39.1. The lowest BCUT2D eigenvalue weighted by Gasteiger charge is -2.35. The number of rotatable bonds is 9. The summed E-state index contributed by atoms with van der Waals surface area (Å²) in [6, 6.07) is 34.3. The number of hydrogen-bond acceptors (Lipinski definition) is 8. The highest BCUT2D eigenvalue weighted by atomic mass is 16.2. The first-order valence-corrected chi connectivity index (χ1v) is 25.4. The standard InChI is InChI=1S/C28H36N6.C27H32N6O.C2H6.CH4/c1-6-23-18-22(31-32(23)5)19-33-14-16-34(17-15-33)25-9-7-8-24-26(25)30-27(29-24)20-10-12-21(13-11-20)28(2,3)4;1-5-20-17-22(31-30-20)26(34)33-15-13-32(14-16-33)23-8-6-7-21-24(23)29-25(28-21)18-9-11-19(12-10-18)27(2,3)4;1-2;/h7-13,18H,6,14-17,19H2,1-5H3,(H,29,30);6-12,17H,5,13-16H2,1-4H3,(H,28,29)(H,30,31);1-2H3;1H4. The molecule has 13 heteroatoms.